The molecule has 9 nitrogen and oxygen atoms in total. The van der Waals surface area contributed by atoms with Crippen molar-refractivity contribution >= 4 is 11.8 Å². The summed E-state index contributed by atoms with van der Waals surface area (Å²) in [5.74, 6) is -0.0486. The molecule has 3 heterocycles. The minimum absolute atomic E-state index is 0.176. The molecule has 46 heavy (non-hydrogen) atoms. The highest BCUT2D eigenvalue weighted by Crippen LogP contribution is 2.33. The third-order valence-corrected chi connectivity index (χ3v) is 8.27. The molecule has 0 spiro atoms. The number of aliphatic hydroxyl groups excluding tert-OH is 1. The van der Waals surface area contributed by atoms with Crippen LogP contribution in [0.2, 0.25) is 0 Å². The first-order valence-corrected chi connectivity index (χ1v) is 15.7. The van der Waals surface area contributed by atoms with Crippen molar-refractivity contribution in [3.05, 3.63) is 118 Å². The maximum Gasteiger partial charge on any atom is 0.254 e. The maximum atomic E-state index is 14.4. The third-order valence-electron chi connectivity index (χ3n) is 8.27. The van der Waals surface area contributed by atoms with Gasteiger partial charge in [-0.1, -0.05) is 30.3 Å². The van der Waals surface area contributed by atoms with Crippen molar-refractivity contribution in [2.75, 3.05) is 13.1 Å². The van der Waals surface area contributed by atoms with Crippen LogP contribution in [0.4, 0.5) is 4.39 Å². The summed E-state index contributed by atoms with van der Waals surface area (Å²) in [4.78, 5) is 37.7. The summed E-state index contributed by atoms with van der Waals surface area (Å²) in [6, 6.07) is 15.6. The van der Waals surface area contributed by atoms with E-state index in [1.54, 1.807) is 41.6 Å². The summed E-state index contributed by atoms with van der Waals surface area (Å²) >= 11 is 0. The van der Waals surface area contributed by atoms with Crippen molar-refractivity contribution in [1.29, 1.82) is 0 Å². The molecule has 10 heteroatoms. The lowest BCUT2D eigenvalue weighted by atomic mass is 9.99. The molecule has 2 amide bonds. The number of likely N-dealkylation sites (tertiary alicyclic amines) is 1. The smallest absolute Gasteiger partial charge is 0.254 e. The molecular formula is C36H42FN5O4. The molecule has 1 aliphatic heterocycles. The molecule has 2 aromatic heterocycles. The minimum Gasteiger partial charge on any atom is -0.446 e. The molecule has 1 fully saturated rings. The minimum atomic E-state index is -1.51. The van der Waals surface area contributed by atoms with Gasteiger partial charge in [0.1, 0.15) is 18.0 Å². The van der Waals surface area contributed by atoms with E-state index in [1.807, 2.05) is 44.2 Å². The number of oxazole rings is 1. The lowest BCUT2D eigenvalue weighted by molar-refractivity contribution is 0.0715. The van der Waals surface area contributed by atoms with Gasteiger partial charge in [0, 0.05) is 48.7 Å². The number of nitrogens with one attached hydrogen (secondary N) is 2. The van der Waals surface area contributed by atoms with Crippen LogP contribution in [0.1, 0.15) is 87.3 Å². The number of aryl methyl sites for hydroxylation is 2. The number of hydrogen-bond donors (Lipinski definition) is 3. The van der Waals surface area contributed by atoms with Crippen molar-refractivity contribution in [2.24, 2.45) is 0 Å². The van der Waals surface area contributed by atoms with Crippen LogP contribution in [0, 0.1) is 13.8 Å². The van der Waals surface area contributed by atoms with Crippen LogP contribution in [0.3, 0.4) is 0 Å². The molecule has 2 aromatic carbocycles. The molecule has 3 N–H and O–H groups in total. The Morgan fingerprint density at radius 3 is 2.57 bits per heavy atom. The van der Waals surface area contributed by atoms with Crippen molar-refractivity contribution in [1.82, 2.24) is 25.5 Å². The number of pyridine rings is 1. The van der Waals surface area contributed by atoms with Gasteiger partial charge in [-0.2, -0.15) is 0 Å². The molecule has 5 rings (SSSR count). The predicted molar refractivity (Wildman–Crippen MR) is 173 cm³/mol. The molecule has 4 aromatic rings. The number of nitrogens with zero attached hydrogens (tertiary/aromatic N) is 3. The first kappa shape index (κ1) is 33.0. The number of amides is 2. The average Bonchev–Trinajstić information content (AvgIpc) is 3.69. The molecule has 0 unspecified atom stereocenters. The third kappa shape index (κ3) is 8.24. The second-order valence-corrected chi connectivity index (χ2v) is 12.6. The first-order valence-electron chi connectivity index (χ1n) is 15.7. The Balaban J connectivity index is 1.29. The number of aliphatic hydroxyl groups is 1. The summed E-state index contributed by atoms with van der Waals surface area (Å²) in [6.45, 7) is 7.78. The molecule has 1 aliphatic rings. The summed E-state index contributed by atoms with van der Waals surface area (Å²) in [7, 11) is 0. The Bertz CT molecular complexity index is 1650. The second kappa shape index (κ2) is 14.3. The Morgan fingerprint density at radius 1 is 1.09 bits per heavy atom. The summed E-state index contributed by atoms with van der Waals surface area (Å²) in [6.07, 6.45) is 5.79. The molecule has 242 valence electrons. The predicted octanol–water partition coefficient (Wildman–Crippen LogP) is 5.36. The van der Waals surface area contributed by atoms with E-state index in [0.29, 0.717) is 42.1 Å². The van der Waals surface area contributed by atoms with Gasteiger partial charge in [0.05, 0.1) is 17.8 Å². The normalized spacial score (nSPS) is 16.3. The SMILES string of the molecule is Cc1cc(C(=O)N[C@@H](Cc2ccccc2)[C@@H](O)CNCc2cncc(C(C)(C)F)c2)cc(C(=O)N2CCC[C@@H]2c2nc(C)co2)c1. The monoisotopic (exact) mass is 627 g/mol. The van der Waals surface area contributed by atoms with Gasteiger partial charge in [-0.25, -0.2) is 9.37 Å². The number of aromatic nitrogens is 2. The fourth-order valence-electron chi connectivity index (χ4n) is 5.81. The van der Waals surface area contributed by atoms with Gasteiger partial charge in [-0.15, -0.1) is 0 Å². The second-order valence-electron chi connectivity index (χ2n) is 12.6. The number of rotatable bonds is 12. The van der Waals surface area contributed by atoms with Gasteiger partial charge in [0.25, 0.3) is 11.8 Å². The highest BCUT2D eigenvalue weighted by molar-refractivity contribution is 6.00. The van der Waals surface area contributed by atoms with Crippen molar-refractivity contribution in [3.8, 4) is 0 Å². The maximum absolute atomic E-state index is 14.4. The van der Waals surface area contributed by atoms with E-state index < -0.39 is 17.8 Å². The van der Waals surface area contributed by atoms with Crippen molar-refractivity contribution < 1.29 is 23.5 Å². The van der Waals surface area contributed by atoms with Gasteiger partial charge in [0.2, 0.25) is 5.89 Å². The zero-order valence-corrected chi connectivity index (χ0v) is 26.8. The number of carbonyl (C=O) groups is 2. The summed E-state index contributed by atoms with van der Waals surface area (Å²) < 4.78 is 20.0. The zero-order valence-electron chi connectivity index (χ0n) is 26.8. The molecule has 1 saturated heterocycles. The first-order chi connectivity index (χ1) is 22.0. The number of alkyl halides is 1. The lowest BCUT2D eigenvalue weighted by Gasteiger charge is -2.25. The van der Waals surface area contributed by atoms with Gasteiger partial charge in [0.15, 0.2) is 0 Å². The molecule has 0 saturated carbocycles. The molecule has 0 bridgehead atoms. The topological polar surface area (TPSA) is 121 Å². The van der Waals surface area contributed by atoms with E-state index in [2.05, 4.69) is 20.6 Å². The Labute approximate surface area is 269 Å². The van der Waals surface area contributed by atoms with Crippen LogP contribution >= 0.6 is 0 Å². The Hall–Kier alpha value is -4.41. The van der Waals surface area contributed by atoms with Gasteiger partial charge >= 0.3 is 0 Å². The quantitative estimate of drug-likeness (QED) is 0.193. The number of carbonyl (C=O) groups excluding carboxylic acids is 2. The molecule has 3 atom stereocenters. The molecular weight excluding hydrogens is 585 g/mol. The van der Waals surface area contributed by atoms with Crippen LogP contribution in [0.5, 0.6) is 0 Å². The fourth-order valence-corrected chi connectivity index (χ4v) is 5.81. The van der Waals surface area contributed by atoms with Gasteiger partial charge in [-0.05, 0) is 87.9 Å². The summed E-state index contributed by atoms with van der Waals surface area (Å²) in [5.41, 5.74) is 2.98. The fraction of sp³-hybridized carbons (Fsp3) is 0.389. The zero-order chi connectivity index (χ0) is 32.8. The van der Waals surface area contributed by atoms with E-state index in [1.165, 1.54) is 20.0 Å². The van der Waals surface area contributed by atoms with E-state index in [4.69, 9.17) is 4.42 Å². The Kier molecular flexibility index (Phi) is 10.3. The number of hydrogen-bond acceptors (Lipinski definition) is 7. The van der Waals surface area contributed by atoms with E-state index in [-0.39, 0.29) is 24.4 Å². The van der Waals surface area contributed by atoms with Gasteiger partial charge < -0.3 is 25.1 Å². The molecule has 0 radical (unpaired) electrons. The van der Waals surface area contributed by atoms with E-state index in [0.717, 1.165) is 35.2 Å². The largest absolute Gasteiger partial charge is 0.446 e. The van der Waals surface area contributed by atoms with Crippen LogP contribution in [-0.4, -0.2) is 57.0 Å². The van der Waals surface area contributed by atoms with Crippen LogP contribution in [0.25, 0.3) is 0 Å². The summed E-state index contributed by atoms with van der Waals surface area (Å²) in [5, 5.41) is 17.5. The Morgan fingerprint density at radius 2 is 1.85 bits per heavy atom. The number of halogens is 1. The highest BCUT2D eigenvalue weighted by atomic mass is 19.1. The van der Waals surface area contributed by atoms with Crippen LogP contribution < -0.4 is 10.6 Å². The van der Waals surface area contributed by atoms with E-state index in [9.17, 15) is 19.1 Å². The molecule has 0 aliphatic carbocycles. The van der Waals surface area contributed by atoms with E-state index >= 15 is 0 Å². The van der Waals surface area contributed by atoms with Crippen molar-refractivity contribution in [2.45, 2.75) is 77.4 Å². The van der Waals surface area contributed by atoms with Crippen LogP contribution in [-0.2, 0) is 18.6 Å². The number of benzene rings is 2. The highest BCUT2D eigenvalue weighted by Gasteiger charge is 2.34. The van der Waals surface area contributed by atoms with Gasteiger partial charge in [-0.3, -0.25) is 14.6 Å². The van der Waals surface area contributed by atoms with Crippen molar-refractivity contribution in [3.63, 3.8) is 0 Å². The standard InChI is InChI=1S/C36H42FN5O4/c1-23-13-27(17-28(14-23)35(45)42-12-8-11-31(42)34-40-24(2)22-46-34)33(44)41-30(16-25-9-6-5-7-10-25)32(43)21-39-19-26-15-29(20-38-18-26)36(3,4)37/h5-7,9-10,13-15,17-18,20,22,30-32,39,43H,8,11-12,16,19,21H2,1-4H3,(H,41,44)/t30-,31+,32-/m0/s1. The lowest BCUT2D eigenvalue weighted by Crippen LogP contribution is -2.48. The average molecular weight is 628 g/mol. The van der Waals surface area contributed by atoms with Crippen LogP contribution in [0.15, 0.2) is 77.7 Å².